The fraction of sp³-hybridized carbons (Fsp3) is 0.286. The molecule has 1 aromatic carbocycles. The van der Waals surface area contributed by atoms with E-state index in [1.807, 2.05) is 0 Å². The first kappa shape index (κ1) is 11.9. The van der Waals surface area contributed by atoms with Gasteiger partial charge in [0.2, 0.25) is 0 Å². The summed E-state index contributed by atoms with van der Waals surface area (Å²) in [4.78, 5) is 18.3. The molecule has 0 bridgehead atoms. The second-order valence-electron chi connectivity index (χ2n) is 4.75. The number of halogens is 1. The SMILES string of the molecule is Nc1cc(F)cc2c(C(=O)N3CCCC3)nccc12. The third-order valence-electron chi connectivity index (χ3n) is 3.47. The topological polar surface area (TPSA) is 59.2 Å². The molecular formula is C14H14FN3O. The van der Waals surface area contributed by atoms with Gasteiger partial charge in [0.1, 0.15) is 11.5 Å². The lowest BCUT2D eigenvalue weighted by Crippen LogP contribution is -2.28. The number of anilines is 1. The van der Waals surface area contributed by atoms with E-state index < -0.39 is 5.82 Å². The summed E-state index contributed by atoms with van der Waals surface area (Å²) in [7, 11) is 0. The summed E-state index contributed by atoms with van der Waals surface area (Å²) in [6, 6.07) is 4.28. The van der Waals surface area contributed by atoms with Crippen molar-refractivity contribution in [2.24, 2.45) is 0 Å². The normalized spacial score (nSPS) is 15.1. The standard InChI is InChI=1S/C14H14FN3O/c15-9-7-11-10(12(16)8-9)3-4-17-13(11)14(19)18-5-1-2-6-18/h3-4,7-8H,1-2,5-6,16H2. The van der Waals surface area contributed by atoms with E-state index in [4.69, 9.17) is 5.73 Å². The summed E-state index contributed by atoms with van der Waals surface area (Å²) in [6.07, 6.45) is 3.56. The Balaban J connectivity index is 2.15. The van der Waals surface area contributed by atoms with Crippen molar-refractivity contribution in [1.82, 2.24) is 9.88 Å². The quantitative estimate of drug-likeness (QED) is 0.799. The minimum absolute atomic E-state index is 0.145. The highest BCUT2D eigenvalue weighted by atomic mass is 19.1. The Labute approximate surface area is 110 Å². The number of fused-ring (bicyclic) bond motifs is 1. The van der Waals surface area contributed by atoms with Gasteiger partial charge >= 0.3 is 0 Å². The van der Waals surface area contributed by atoms with E-state index in [0.717, 1.165) is 25.9 Å². The number of likely N-dealkylation sites (tertiary alicyclic amines) is 1. The van der Waals surface area contributed by atoms with Gasteiger partial charge in [0.05, 0.1) is 0 Å². The van der Waals surface area contributed by atoms with Crippen molar-refractivity contribution < 1.29 is 9.18 Å². The zero-order valence-electron chi connectivity index (χ0n) is 10.4. The lowest BCUT2D eigenvalue weighted by molar-refractivity contribution is 0.0789. The van der Waals surface area contributed by atoms with Crippen molar-refractivity contribution in [3.63, 3.8) is 0 Å². The molecule has 0 atom stereocenters. The number of benzene rings is 1. The molecule has 2 N–H and O–H groups in total. The van der Waals surface area contributed by atoms with Gasteiger partial charge in [0.25, 0.3) is 5.91 Å². The minimum Gasteiger partial charge on any atom is -0.398 e. The molecule has 1 aromatic heterocycles. The van der Waals surface area contributed by atoms with Crippen molar-refractivity contribution in [2.45, 2.75) is 12.8 Å². The zero-order chi connectivity index (χ0) is 13.4. The average molecular weight is 259 g/mol. The lowest BCUT2D eigenvalue weighted by atomic mass is 10.1. The number of amides is 1. The van der Waals surface area contributed by atoms with Gasteiger partial charge in [-0.25, -0.2) is 4.39 Å². The van der Waals surface area contributed by atoms with Crippen molar-refractivity contribution >= 4 is 22.4 Å². The largest absolute Gasteiger partial charge is 0.398 e. The molecule has 5 heteroatoms. The van der Waals surface area contributed by atoms with Crippen LogP contribution in [0.2, 0.25) is 0 Å². The predicted molar refractivity (Wildman–Crippen MR) is 71.3 cm³/mol. The van der Waals surface area contributed by atoms with Crippen LogP contribution in [-0.2, 0) is 0 Å². The van der Waals surface area contributed by atoms with E-state index in [-0.39, 0.29) is 11.6 Å². The molecule has 1 saturated heterocycles. The number of pyridine rings is 1. The third-order valence-corrected chi connectivity index (χ3v) is 3.47. The summed E-state index contributed by atoms with van der Waals surface area (Å²) in [5.41, 5.74) is 6.40. The molecule has 0 spiro atoms. The van der Waals surface area contributed by atoms with Gasteiger partial charge in [-0.2, -0.15) is 0 Å². The van der Waals surface area contributed by atoms with E-state index in [9.17, 15) is 9.18 Å². The highest BCUT2D eigenvalue weighted by Gasteiger charge is 2.22. The fourth-order valence-electron chi connectivity index (χ4n) is 2.52. The fourth-order valence-corrected chi connectivity index (χ4v) is 2.52. The molecule has 0 saturated carbocycles. The smallest absolute Gasteiger partial charge is 0.273 e. The summed E-state index contributed by atoms with van der Waals surface area (Å²) in [5, 5.41) is 1.15. The monoisotopic (exact) mass is 259 g/mol. The molecular weight excluding hydrogens is 245 g/mol. The van der Waals surface area contributed by atoms with E-state index in [1.165, 1.54) is 12.1 Å². The summed E-state index contributed by atoms with van der Waals surface area (Å²) in [5.74, 6) is -0.596. The van der Waals surface area contributed by atoms with Crippen molar-refractivity contribution in [2.75, 3.05) is 18.8 Å². The summed E-state index contributed by atoms with van der Waals surface area (Å²) in [6.45, 7) is 1.48. The molecule has 0 aliphatic carbocycles. The molecule has 1 aliphatic rings. The first-order chi connectivity index (χ1) is 9.16. The number of carbonyl (C=O) groups is 1. The average Bonchev–Trinajstić information content (AvgIpc) is 2.91. The van der Waals surface area contributed by atoms with Gasteiger partial charge in [0, 0.05) is 35.7 Å². The first-order valence-corrected chi connectivity index (χ1v) is 6.30. The van der Waals surface area contributed by atoms with Crippen LogP contribution in [0.3, 0.4) is 0 Å². The minimum atomic E-state index is -0.450. The van der Waals surface area contributed by atoms with Gasteiger partial charge < -0.3 is 10.6 Å². The maximum atomic E-state index is 13.5. The molecule has 4 nitrogen and oxygen atoms in total. The van der Waals surface area contributed by atoms with Gasteiger partial charge in [-0.1, -0.05) is 0 Å². The Morgan fingerprint density at radius 3 is 2.74 bits per heavy atom. The maximum absolute atomic E-state index is 13.5. The molecule has 1 fully saturated rings. The number of hydrogen-bond acceptors (Lipinski definition) is 3. The molecule has 0 radical (unpaired) electrons. The van der Waals surface area contributed by atoms with Crippen molar-refractivity contribution in [1.29, 1.82) is 0 Å². The van der Waals surface area contributed by atoms with Crippen LogP contribution in [0.25, 0.3) is 10.8 Å². The van der Waals surface area contributed by atoms with Crippen LogP contribution in [-0.4, -0.2) is 28.9 Å². The van der Waals surface area contributed by atoms with Crippen LogP contribution in [0.5, 0.6) is 0 Å². The Morgan fingerprint density at radius 2 is 2.00 bits per heavy atom. The van der Waals surface area contributed by atoms with Crippen LogP contribution in [0.1, 0.15) is 23.3 Å². The number of nitrogens with zero attached hydrogens (tertiary/aromatic N) is 2. The lowest BCUT2D eigenvalue weighted by Gasteiger charge is -2.16. The summed E-state index contributed by atoms with van der Waals surface area (Å²) < 4.78 is 13.5. The molecule has 1 amide bonds. The number of aromatic nitrogens is 1. The Hall–Kier alpha value is -2.17. The molecule has 19 heavy (non-hydrogen) atoms. The predicted octanol–water partition coefficient (Wildman–Crippen LogP) is 2.19. The van der Waals surface area contributed by atoms with Crippen LogP contribution >= 0.6 is 0 Å². The molecule has 2 aromatic rings. The van der Waals surface area contributed by atoms with Crippen LogP contribution in [0.15, 0.2) is 24.4 Å². The van der Waals surface area contributed by atoms with Crippen LogP contribution < -0.4 is 5.73 Å². The zero-order valence-corrected chi connectivity index (χ0v) is 10.4. The van der Waals surface area contributed by atoms with Crippen molar-refractivity contribution in [3.05, 3.63) is 35.9 Å². The van der Waals surface area contributed by atoms with E-state index in [0.29, 0.717) is 16.5 Å². The second kappa shape index (κ2) is 4.50. The second-order valence-corrected chi connectivity index (χ2v) is 4.75. The van der Waals surface area contributed by atoms with Crippen LogP contribution in [0.4, 0.5) is 10.1 Å². The molecule has 98 valence electrons. The van der Waals surface area contributed by atoms with Gasteiger partial charge in [-0.05, 0) is 31.0 Å². The maximum Gasteiger partial charge on any atom is 0.273 e. The number of rotatable bonds is 1. The number of nitrogens with two attached hydrogens (primary N) is 1. The highest BCUT2D eigenvalue weighted by Crippen LogP contribution is 2.25. The van der Waals surface area contributed by atoms with E-state index in [2.05, 4.69) is 4.98 Å². The third kappa shape index (κ3) is 2.01. The Morgan fingerprint density at radius 1 is 1.26 bits per heavy atom. The van der Waals surface area contributed by atoms with Gasteiger partial charge in [0.15, 0.2) is 0 Å². The number of hydrogen-bond donors (Lipinski definition) is 1. The molecule has 2 heterocycles. The number of carbonyl (C=O) groups excluding carboxylic acids is 1. The van der Waals surface area contributed by atoms with E-state index >= 15 is 0 Å². The molecule has 3 rings (SSSR count). The first-order valence-electron chi connectivity index (χ1n) is 6.30. The van der Waals surface area contributed by atoms with E-state index in [1.54, 1.807) is 17.2 Å². The van der Waals surface area contributed by atoms with Gasteiger partial charge in [-0.15, -0.1) is 0 Å². The van der Waals surface area contributed by atoms with Crippen LogP contribution in [0, 0.1) is 5.82 Å². The van der Waals surface area contributed by atoms with Gasteiger partial charge in [-0.3, -0.25) is 9.78 Å². The molecule has 0 unspecified atom stereocenters. The van der Waals surface area contributed by atoms with Crippen molar-refractivity contribution in [3.8, 4) is 0 Å². The highest BCUT2D eigenvalue weighted by molar-refractivity contribution is 6.08. The Bertz CT molecular complexity index is 650. The summed E-state index contributed by atoms with van der Waals surface area (Å²) >= 11 is 0. The number of nitrogen functional groups attached to an aromatic ring is 1. The molecule has 1 aliphatic heterocycles. The Kier molecular flexibility index (Phi) is 2.81.